The second kappa shape index (κ2) is 6.06. The Morgan fingerprint density at radius 1 is 1.21 bits per heavy atom. The first-order valence-electron chi connectivity index (χ1n) is 8.26. The van der Waals surface area contributed by atoms with Crippen LogP contribution in [0.3, 0.4) is 0 Å². The van der Waals surface area contributed by atoms with Gasteiger partial charge in [0.15, 0.2) is 0 Å². The molecule has 1 spiro atoms. The summed E-state index contributed by atoms with van der Waals surface area (Å²) in [5.74, 6) is 2.83. The van der Waals surface area contributed by atoms with Crippen molar-refractivity contribution in [3.63, 3.8) is 0 Å². The van der Waals surface area contributed by atoms with Crippen LogP contribution in [0.4, 0.5) is 11.4 Å². The van der Waals surface area contributed by atoms with E-state index in [9.17, 15) is 4.79 Å². The van der Waals surface area contributed by atoms with E-state index in [1.165, 1.54) is 0 Å². The van der Waals surface area contributed by atoms with Crippen LogP contribution in [-0.2, 0) is 0 Å². The Balaban J connectivity index is 1.77. The van der Waals surface area contributed by atoms with Crippen LogP contribution in [0.2, 0.25) is 0 Å². The van der Waals surface area contributed by atoms with Gasteiger partial charge in [0.25, 0.3) is 5.91 Å². The molecule has 1 N–H and O–H groups in total. The fourth-order valence-electron chi connectivity index (χ4n) is 3.45. The zero-order chi connectivity index (χ0) is 16.6. The molecule has 1 fully saturated rings. The highest BCUT2D eigenvalue weighted by Crippen LogP contribution is 2.42. The van der Waals surface area contributed by atoms with E-state index in [4.69, 9.17) is 4.74 Å². The minimum atomic E-state index is -0.344. The molecule has 0 aromatic heterocycles. The third-order valence-electron chi connectivity index (χ3n) is 4.56. The number of anilines is 2. The molecule has 5 heteroatoms. The average molecular weight is 340 g/mol. The number of rotatable bonds is 3. The molecule has 0 bridgehead atoms. The van der Waals surface area contributed by atoms with E-state index in [2.05, 4.69) is 5.32 Å². The van der Waals surface area contributed by atoms with Crippen molar-refractivity contribution in [3.8, 4) is 5.75 Å². The Morgan fingerprint density at radius 3 is 2.71 bits per heavy atom. The van der Waals surface area contributed by atoms with Crippen LogP contribution in [0, 0.1) is 0 Å². The van der Waals surface area contributed by atoms with E-state index in [0.29, 0.717) is 6.61 Å². The van der Waals surface area contributed by atoms with Gasteiger partial charge in [-0.2, -0.15) is 11.8 Å². The summed E-state index contributed by atoms with van der Waals surface area (Å²) in [5, 5.41) is 3.64. The summed E-state index contributed by atoms with van der Waals surface area (Å²) in [5.41, 5.74) is 2.23. The predicted molar refractivity (Wildman–Crippen MR) is 99.2 cm³/mol. The quantitative estimate of drug-likeness (QED) is 0.917. The molecule has 2 aromatic carbocycles. The standard InChI is InChI=1S/C19H20N2O2S/c1-2-23-15-9-7-14(8-10-15)21-18(22)16-5-3-4-6-17(16)20-19(21)11-12-24-13-19/h3-10,20H,2,11-13H2,1H3/t19-/m1/s1. The molecule has 24 heavy (non-hydrogen) atoms. The fourth-order valence-corrected chi connectivity index (χ4v) is 4.76. The van der Waals surface area contributed by atoms with Crippen molar-refractivity contribution in [2.75, 3.05) is 28.3 Å². The largest absolute Gasteiger partial charge is 0.494 e. The number of nitrogens with zero attached hydrogens (tertiary/aromatic N) is 1. The number of amides is 1. The molecule has 1 saturated heterocycles. The lowest BCUT2D eigenvalue weighted by molar-refractivity contribution is 0.0959. The maximum atomic E-state index is 13.2. The minimum Gasteiger partial charge on any atom is -0.494 e. The molecule has 1 atom stereocenters. The predicted octanol–water partition coefficient (Wildman–Crippen LogP) is 3.99. The van der Waals surface area contributed by atoms with Crippen LogP contribution in [-0.4, -0.2) is 29.7 Å². The number of hydrogen-bond donors (Lipinski definition) is 1. The number of nitrogens with one attached hydrogen (secondary N) is 1. The maximum Gasteiger partial charge on any atom is 0.262 e. The SMILES string of the molecule is CCOc1ccc(N2C(=O)c3ccccc3N[C@]23CCSC3)cc1. The highest BCUT2D eigenvalue weighted by atomic mass is 32.2. The van der Waals surface area contributed by atoms with Crippen molar-refractivity contribution in [2.45, 2.75) is 19.0 Å². The Morgan fingerprint density at radius 2 is 2.00 bits per heavy atom. The normalized spacial score (nSPS) is 22.4. The molecule has 0 radical (unpaired) electrons. The van der Waals surface area contributed by atoms with E-state index >= 15 is 0 Å². The van der Waals surface area contributed by atoms with Crippen molar-refractivity contribution in [3.05, 3.63) is 54.1 Å². The second-order valence-electron chi connectivity index (χ2n) is 6.07. The molecule has 0 aliphatic carbocycles. The van der Waals surface area contributed by atoms with Crippen LogP contribution in [0.1, 0.15) is 23.7 Å². The summed E-state index contributed by atoms with van der Waals surface area (Å²) in [6, 6.07) is 15.6. The van der Waals surface area contributed by atoms with Gasteiger partial charge in [0.2, 0.25) is 0 Å². The summed E-state index contributed by atoms with van der Waals surface area (Å²) in [7, 11) is 0. The second-order valence-corrected chi connectivity index (χ2v) is 7.18. The minimum absolute atomic E-state index is 0.0657. The van der Waals surface area contributed by atoms with E-state index in [0.717, 1.165) is 40.6 Å². The van der Waals surface area contributed by atoms with Crippen molar-refractivity contribution in [2.24, 2.45) is 0 Å². The van der Waals surface area contributed by atoms with Gasteiger partial charge in [0.1, 0.15) is 11.4 Å². The van der Waals surface area contributed by atoms with Crippen molar-refractivity contribution >= 4 is 29.0 Å². The van der Waals surface area contributed by atoms with Crippen molar-refractivity contribution in [1.82, 2.24) is 0 Å². The zero-order valence-corrected chi connectivity index (χ0v) is 14.4. The summed E-state index contributed by atoms with van der Waals surface area (Å²) in [6.07, 6.45) is 0.935. The van der Waals surface area contributed by atoms with Crippen molar-refractivity contribution in [1.29, 1.82) is 0 Å². The third kappa shape index (κ3) is 2.44. The van der Waals surface area contributed by atoms with Crippen LogP contribution >= 0.6 is 11.8 Å². The molecular weight excluding hydrogens is 320 g/mol. The first-order valence-corrected chi connectivity index (χ1v) is 9.41. The molecule has 2 aliphatic rings. The monoisotopic (exact) mass is 340 g/mol. The van der Waals surface area contributed by atoms with Gasteiger partial charge in [-0.05, 0) is 55.5 Å². The Bertz CT molecular complexity index is 754. The molecule has 0 unspecified atom stereocenters. The number of carbonyl (C=O) groups excluding carboxylic acids is 1. The van der Waals surface area contributed by atoms with Crippen LogP contribution in [0.15, 0.2) is 48.5 Å². The lowest BCUT2D eigenvalue weighted by Gasteiger charge is -2.46. The van der Waals surface area contributed by atoms with Gasteiger partial charge < -0.3 is 10.1 Å². The molecule has 2 aromatic rings. The van der Waals surface area contributed by atoms with Crippen LogP contribution in [0.5, 0.6) is 5.75 Å². The molecule has 4 rings (SSSR count). The lowest BCUT2D eigenvalue weighted by Crippen LogP contribution is -2.60. The van der Waals surface area contributed by atoms with E-state index in [-0.39, 0.29) is 11.6 Å². The third-order valence-corrected chi connectivity index (χ3v) is 5.74. The molecule has 124 valence electrons. The number of para-hydroxylation sites is 1. The van der Waals surface area contributed by atoms with Gasteiger partial charge in [-0.3, -0.25) is 9.69 Å². The first kappa shape index (κ1) is 15.4. The van der Waals surface area contributed by atoms with E-state index < -0.39 is 0 Å². The van der Waals surface area contributed by atoms with E-state index in [1.807, 2.05) is 72.1 Å². The number of carbonyl (C=O) groups is 1. The highest BCUT2D eigenvalue weighted by Gasteiger charge is 2.47. The summed E-state index contributed by atoms with van der Waals surface area (Å²) in [6.45, 7) is 2.60. The van der Waals surface area contributed by atoms with Crippen molar-refractivity contribution < 1.29 is 9.53 Å². The van der Waals surface area contributed by atoms with Crippen LogP contribution in [0.25, 0.3) is 0 Å². The molecular formula is C19H20N2O2S. The van der Waals surface area contributed by atoms with Gasteiger partial charge in [0.05, 0.1) is 12.2 Å². The summed E-state index contributed by atoms with van der Waals surface area (Å²) >= 11 is 1.88. The Hall–Kier alpha value is -2.14. The Kier molecular flexibility index (Phi) is 3.88. The van der Waals surface area contributed by atoms with E-state index in [1.54, 1.807) is 0 Å². The maximum absolute atomic E-state index is 13.2. The molecule has 2 aliphatic heterocycles. The highest BCUT2D eigenvalue weighted by molar-refractivity contribution is 7.99. The number of fused-ring (bicyclic) bond motifs is 1. The summed E-state index contributed by atoms with van der Waals surface area (Å²) < 4.78 is 5.53. The number of thioether (sulfide) groups is 1. The van der Waals surface area contributed by atoms with Gasteiger partial charge in [0, 0.05) is 17.1 Å². The van der Waals surface area contributed by atoms with Gasteiger partial charge >= 0.3 is 0 Å². The number of benzene rings is 2. The first-order chi connectivity index (χ1) is 11.7. The Labute approximate surface area is 146 Å². The molecule has 4 nitrogen and oxygen atoms in total. The van der Waals surface area contributed by atoms with Gasteiger partial charge in [-0.25, -0.2) is 0 Å². The average Bonchev–Trinajstić information content (AvgIpc) is 3.05. The van der Waals surface area contributed by atoms with Gasteiger partial charge in [-0.1, -0.05) is 12.1 Å². The molecule has 2 heterocycles. The van der Waals surface area contributed by atoms with Gasteiger partial charge in [-0.15, -0.1) is 0 Å². The summed E-state index contributed by atoms with van der Waals surface area (Å²) in [4.78, 5) is 15.2. The number of ether oxygens (including phenoxy) is 1. The number of hydrogen-bond acceptors (Lipinski definition) is 4. The topological polar surface area (TPSA) is 41.6 Å². The molecule has 0 saturated carbocycles. The smallest absolute Gasteiger partial charge is 0.262 e. The fraction of sp³-hybridized carbons (Fsp3) is 0.316. The van der Waals surface area contributed by atoms with Crippen LogP contribution < -0.4 is 15.0 Å². The lowest BCUT2D eigenvalue weighted by atomic mass is 9.97. The molecule has 1 amide bonds. The zero-order valence-electron chi connectivity index (χ0n) is 13.6.